The number of nitrogens with two attached hydrogens (primary N) is 1. The lowest BCUT2D eigenvalue weighted by atomic mass is 10.1. The summed E-state index contributed by atoms with van der Waals surface area (Å²) in [5.41, 5.74) is 4.95. The van der Waals surface area contributed by atoms with Crippen LogP contribution in [0.4, 0.5) is 4.79 Å². The van der Waals surface area contributed by atoms with Crippen LogP contribution in [-0.4, -0.2) is 29.9 Å². The predicted molar refractivity (Wildman–Crippen MR) is 69.2 cm³/mol. The van der Waals surface area contributed by atoms with Gasteiger partial charge in [-0.3, -0.25) is 15.0 Å². The molecule has 0 aliphatic carbocycles. The van der Waals surface area contributed by atoms with Crippen LogP contribution >= 0.6 is 0 Å². The van der Waals surface area contributed by atoms with Crippen LogP contribution in [0.5, 0.6) is 0 Å². The van der Waals surface area contributed by atoms with Gasteiger partial charge in [-0.1, -0.05) is 12.8 Å². The van der Waals surface area contributed by atoms with E-state index in [2.05, 4.69) is 5.32 Å². The van der Waals surface area contributed by atoms with Gasteiger partial charge >= 0.3 is 6.03 Å². The van der Waals surface area contributed by atoms with Crippen LogP contribution in [0.3, 0.4) is 0 Å². The summed E-state index contributed by atoms with van der Waals surface area (Å²) in [6.07, 6.45) is 5.89. The van der Waals surface area contributed by atoms with Crippen LogP contribution in [0, 0.1) is 0 Å². The fourth-order valence-electron chi connectivity index (χ4n) is 2.52. The zero-order chi connectivity index (χ0) is 13.7. The highest BCUT2D eigenvalue weighted by atomic mass is 16.3. The van der Waals surface area contributed by atoms with E-state index in [-0.39, 0.29) is 18.5 Å². The SMILES string of the molecule is NC(=O)NC(=O)CN1CCCCCC1c1ccco1. The Morgan fingerprint density at radius 1 is 1.42 bits per heavy atom. The zero-order valence-corrected chi connectivity index (χ0v) is 10.8. The molecule has 1 saturated heterocycles. The maximum absolute atomic E-state index is 11.7. The average molecular weight is 265 g/mol. The first-order chi connectivity index (χ1) is 9.16. The number of imide groups is 1. The number of rotatable bonds is 3. The van der Waals surface area contributed by atoms with E-state index in [0.717, 1.165) is 38.0 Å². The Kier molecular flexibility index (Phi) is 4.57. The summed E-state index contributed by atoms with van der Waals surface area (Å²) in [5.74, 6) is 0.500. The number of urea groups is 1. The molecule has 2 heterocycles. The predicted octanol–water partition coefficient (Wildman–Crippen LogP) is 1.39. The van der Waals surface area contributed by atoms with E-state index in [1.54, 1.807) is 6.26 Å². The first kappa shape index (κ1) is 13.6. The molecular weight excluding hydrogens is 246 g/mol. The molecule has 1 aliphatic rings. The van der Waals surface area contributed by atoms with Crippen molar-refractivity contribution in [1.29, 1.82) is 0 Å². The molecule has 3 amide bonds. The molecule has 0 aromatic carbocycles. The summed E-state index contributed by atoms with van der Waals surface area (Å²) in [7, 11) is 0. The van der Waals surface area contributed by atoms with E-state index in [1.807, 2.05) is 17.0 Å². The molecule has 0 bridgehead atoms. The summed E-state index contributed by atoms with van der Waals surface area (Å²) < 4.78 is 5.46. The van der Waals surface area contributed by atoms with Gasteiger partial charge in [0, 0.05) is 0 Å². The highest BCUT2D eigenvalue weighted by Crippen LogP contribution is 2.29. The zero-order valence-electron chi connectivity index (χ0n) is 10.8. The highest BCUT2D eigenvalue weighted by Gasteiger charge is 2.26. The highest BCUT2D eigenvalue weighted by molar-refractivity contribution is 5.94. The number of likely N-dealkylation sites (tertiary alicyclic amines) is 1. The van der Waals surface area contributed by atoms with E-state index >= 15 is 0 Å². The summed E-state index contributed by atoms with van der Waals surface area (Å²) in [4.78, 5) is 24.4. The van der Waals surface area contributed by atoms with E-state index in [9.17, 15) is 9.59 Å². The lowest BCUT2D eigenvalue weighted by Crippen LogP contribution is -2.43. The molecule has 19 heavy (non-hydrogen) atoms. The quantitative estimate of drug-likeness (QED) is 0.864. The monoisotopic (exact) mass is 265 g/mol. The Bertz CT molecular complexity index is 430. The largest absolute Gasteiger partial charge is 0.468 e. The number of nitrogens with zero attached hydrogens (tertiary/aromatic N) is 1. The summed E-state index contributed by atoms with van der Waals surface area (Å²) in [5, 5.41) is 2.10. The fraction of sp³-hybridized carbons (Fsp3) is 0.538. The Balaban J connectivity index is 2.05. The minimum atomic E-state index is -0.811. The summed E-state index contributed by atoms with van der Waals surface area (Å²) >= 11 is 0. The van der Waals surface area contributed by atoms with Crippen molar-refractivity contribution in [1.82, 2.24) is 10.2 Å². The summed E-state index contributed by atoms with van der Waals surface area (Å²) in [6.45, 7) is 0.978. The molecule has 1 atom stereocenters. The van der Waals surface area contributed by atoms with Crippen molar-refractivity contribution in [2.75, 3.05) is 13.1 Å². The lowest BCUT2D eigenvalue weighted by Gasteiger charge is -2.27. The number of carbonyl (C=O) groups is 2. The number of amides is 3. The number of furan rings is 1. The van der Waals surface area contributed by atoms with E-state index in [1.165, 1.54) is 0 Å². The first-order valence-corrected chi connectivity index (χ1v) is 6.53. The Morgan fingerprint density at radius 3 is 2.95 bits per heavy atom. The van der Waals surface area contributed by atoms with Crippen molar-refractivity contribution >= 4 is 11.9 Å². The van der Waals surface area contributed by atoms with Crippen LogP contribution in [0.2, 0.25) is 0 Å². The molecule has 1 unspecified atom stereocenters. The average Bonchev–Trinajstić information content (AvgIpc) is 2.76. The van der Waals surface area contributed by atoms with Gasteiger partial charge in [0.2, 0.25) is 5.91 Å². The fourth-order valence-corrected chi connectivity index (χ4v) is 2.52. The Morgan fingerprint density at radius 2 is 2.26 bits per heavy atom. The first-order valence-electron chi connectivity index (χ1n) is 6.53. The van der Waals surface area contributed by atoms with Crippen molar-refractivity contribution in [2.24, 2.45) is 5.73 Å². The van der Waals surface area contributed by atoms with E-state index in [4.69, 9.17) is 10.2 Å². The van der Waals surface area contributed by atoms with Crippen molar-refractivity contribution in [3.8, 4) is 0 Å². The lowest BCUT2D eigenvalue weighted by molar-refractivity contribution is -0.121. The van der Waals surface area contributed by atoms with Gasteiger partial charge < -0.3 is 10.2 Å². The second-order valence-corrected chi connectivity index (χ2v) is 4.76. The van der Waals surface area contributed by atoms with Gasteiger partial charge in [0.05, 0.1) is 18.8 Å². The molecule has 0 spiro atoms. The van der Waals surface area contributed by atoms with Crippen LogP contribution in [0.25, 0.3) is 0 Å². The van der Waals surface area contributed by atoms with Gasteiger partial charge in [-0.25, -0.2) is 4.79 Å². The normalized spacial score (nSPS) is 20.7. The van der Waals surface area contributed by atoms with Gasteiger partial charge in [0.15, 0.2) is 0 Å². The van der Waals surface area contributed by atoms with Crippen molar-refractivity contribution in [2.45, 2.75) is 31.7 Å². The smallest absolute Gasteiger partial charge is 0.318 e. The molecule has 1 aromatic heterocycles. The van der Waals surface area contributed by atoms with Crippen molar-refractivity contribution < 1.29 is 14.0 Å². The molecule has 2 rings (SSSR count). The summed E-state index contributed by atoms with van der Waals surface area (Å²) in [6, 6.07) is 3.06. The molecule has 3 N–H and O–H groups in total. The van der Waals surface area contributed by atoms with Crippen LogP contribution in [-0.2, 0) is 4.79 Å². The minimum absolute atomic E-state index is 0.0936. The molecule has 0 saturated carbocycles. The third kappa shape index (κ3) is 3.82. The Labute approximate surface area is 111 Å². The van der Waals surface area contributed by atoms with Gasteiger partial charge in [-0.15, -0.1) is 0 Å². The number of carbonyl (C=O) groups excluding carboxylic acids is 2. The topological polar surface area (TPSA) is 88.6 Å². The third-order valence-electron chi connectivity index (χ3n) is 3.34. The molecular formula is C13H19N3O3. The standard InChI is InChI=1S/C13H19N3O3/c14-13(18)15-12(17)9-16-7-3-1-2-5-10(16)11-6-4-8-19-11/h4,6,8,10H,1-3,5,7,9H2,(H3,14,15,17,18). The van der Waals surface area contributed by atoms with Gasteiger partial charge in [-0.2, -0.15) is 0 Å². The Hall–Kier alpha value is -1.82. The molecule has 1 aromatic rings. The minimum Gasteiger partial charge on any atom is -0.468 e. The van der Waals surface area contributed by atoms with Crippen LogP contribution < -0.4 is 11.1 Å². The molecule has 6 heteroatoms. The van der Waals surface area contributed by atoms with Crippen LogP contribution in [0.1, 0.15) is 37.5 Å². The van der Waals surface area contributed by atoms with Crippen molar-refractivity contribution in [3.63, 3.8) is 0 Å². The molecule has 104 valence electrons. The maximum atomic E-state index is 11.7. The van der Waals surface area contributed by atoms with E-state index in [0.29, 0.717) is 0 Å². The second kappa shape index (κ2) is 6.38. The number of hydrogen-bond donors (Lipinski definition) is 2. The van der Waals surface area contributed by atoms with Gasteiger partial charge in [0.25, 0.3) is 0 Å². The van der Waals surface area contributed by atoms with Gasteiger partial charge in [0.1, 0.15) is 5.76 Å². The third-order valence-corrected chi connectivity index (χ3v) is 3.34. The second-order valence-electron chi connectivity index (χ2n) is 4.76. The van der Waals surface area contributed by atoms with Gasteiger partial charge in [-0.05, 0) is 31.5 Å². The molecule has 0 radical (unpaired) electrons. The van der Waals surface area contributed by atoms with Crippen molar-refractivity contribution in [3.05, 3.63) is 24.2 Å². The van der Waals surface area contributed by atoms with E-state index < -0.39 is 6.03 Å². The molecule has 1 fully saturated rings. The number of hydrogen-bond acceptors (Lipinski definition) is 4. The van der Waals surface area contributed by atoms with Crippen LogP contribution in [0.15, 0.2) is 22.8 Å². The molecule has 1 aliphatic heterocycles. The maximum Gasteiger partial charge on any atom is 0.318 e. The number of nitrogens with one attached hydrogen (secondary N) is 1. The number of primary amides is 1. The molecule has 6 nitrogen and oxygen atoms in total.